The van der Waals surface area contributed by atoms with Gasteiger partial charge in [0.2, 0.25) is 5.91 Å². The number of carbonyl (C=O) groups is 1. The highest BCUT2D eigenvalue weighted by atomic mass is 19.1. The second-order valence-electron chi connectivity index (χ2n) is 5.27. The maximum Gasteiger partial charge on any atom is 0.241 e. The Hall–Kier alpha value is -2.28. The molecule has 22 heavy (non-hydrogen) atoms. The normalized spacial score (nSPS) is 12.4. The van der Waals surface area contributed by atoms with Crippen LogP contribution in [0, 0.1) is 5.82 Å². The zero-order valence-electron chi connectivity index (χ0n) is 12.7. The number of nitrogens with zero attached hydrogens (tertiary/aromatic N) is 4. The molecule has 1 amide bonds. The van der Waals surface area contributed by atoms with E-state index in [1.54, 1.807) is 43.8 Å². The Kier molecular flexibility index (Phi) is 5.60. The average molecular weight is 305 g/mol. The molecule has 118 valence electrons. The van der Waals surface area contributed by atoms with Crippen molar-refractivity contribution in [2.24, 2.45) is 0 Å². The van der Waals surface area contributed by atoms with Crippen molar-refractivity contribution in [3.8, 4) is 0 Å². The highest BCUT2D eigenvalue weighted by Gasteiger charge is 2.22. The largest absolute Gasteiger partial charge is 0.354 e. The molecule has 6 nitrogen and oxygen atoms in total. The monoisotopic (exact) mass is 305 g/mol. The number of aromatic nitrogens is 3. The maximum atomic E-state index is 13.4. The van der Waals surface area contributed by atoms with Gasteiger partial charge in [-0.1, -0.05) is 12.1 Å². The van der Waals surface area contributed by atoms with E-state index in [0.717, 1.165) is 13.0 Å². The van der Waals surface area contributed by atoms with Gasteiger partial charge in [0.25, 0.3) is 0 Å². The van der Waals surface area contributed by atoms with Crippen LogP contribution in [0.3, 0.4) is 0 Å². The fourth-order valence-electron chi connectivity index (χ4n) is 2.27. The summed E-state index contributed by atoms with van der Waals surface area (Å²) in [5.74, 6) is -0.482. The van der Waals surface area contributed by atoms with Crippen molar-refractivity contribution in [3.63, 3.8) is 0 Å². The Bertz CT molecular complexity index is 600. The summed E-state index contributed by atoms with van der Waals surface area (Å²) >= 11 is 0. The summed E-state index contributed by atoms with van der Waals surface area (Å²) in [4.78, 5) is 14.1. The second kappa shape index (κ2) is 7.65. The minimum atomic E-state index is -0.509. The molecule has 2 rings (SSSR count). The number of carbonyl (C=O) groups excluding carboxylic acids is 1. The van der Waals surface area contributed by atoms with E-state index in [-0.39, 0.29) is 11.7 Å². The summed E-state index contributed by atoms with van der Waals surface area (Å²) in [7, 11) is 3.60. The van der Waals surface area contributed by atoms with Crippen LogP contribution in [0.1, 0.15) is 18.0 Å². The Morgan fingerprint density at radius 1 is 1.36 bits per heavy atom. The van der Waals surface area contributed by atoms with Gasteiger partial charge in [-0.15, -0.1) is 10.2 Å². The van der Waals surface area contributed by atoms with Gasteiger partial charge in [0.1, 0.15) is 24.5 Å². The van der Waals surface area contributed by atoms with Crippen LogP contribution < -0.4 is 5.32 Å². The third-order valence-corrected chi connectivity index (χ3v) is 3.29. The third kappa shape index (κ3) is 4.36. The predicted octanol–water partition coefficient (Wildman–Crippen LogP) is 1.23. The van der Waals surface area contributed by atoms with Gasteiger partial charge in [0.15, 0.2) is 0 Å². The smallest absolute Gasteiger partial charge is 0.241 e. The minimum Gasteiger partial charge on any atom is -0.354 e. The first kappa shape index (κ1) is 16.1. The molecule has 0 spiro atoms. The second-order valence-corrected chi connectivity index (χ2v) is 5.27. The lowest BCUT2D eigenvalue weighted by atomic mass is 10.1. The number of aryl methyl sites for hydroxylation is 1. The van der Waals surface area contributed by atoms with E-state index < -0.39 is 6.04 Å². The van der Waals surface area contributed by atoms with Crippen LogP contribution in [-0.2, 0) is 11.3 Å². The lowest BCUT2D eigenvalue weighted by Gasteiger charge is -2.24. The molecular weight excluding hydrogens is 285 g/mol. The molecule has 0 aliphatic rings. The van der Waals surface area contributed by atoms with Crippen molar-refractivity contribution in [1.82, 2.24) is 25.0 Å². The molecular formula is C15H20FN5O. The number of nitrogens with one attached hydrogen (secondary N) is 1. The molecule has 0 bridgehead atoms. The third-order valence-electron chi connectivity index (χ3n) is 3.29. The van der Waals surface area contributed by atoms with Gasteiger partial charge in [-0.2, -0.15) is 0 Å². The molecule has 7 heteroatoms. The Morgan fingerprint density at radius 2 is 2.09 bits per heavy atom. The predicted molar refractivity (Wildman–Crippen MR) is 80.5 cm³/mol. The standard InChI is InChI=1S/C15H20FN5O/c1-20(2)14(12-5-3-6-13(16)9-12)15(22)17-7-4-8-21-10-18-19-11-21/h3,5-6,9-11,14H,4,7-8H2,1-2H3,(H,17,22). The molecule has 0 saturated heterocycles. The SMILES string of the molecule is CN(C)C(C(=O)NCCCn1cnnc1)c1cccc(F)c1. The van der Waals surface area contributed by atoms with E-state index in [9.17, 15) is 9.18 Å². The molecule has 1 atom stereocenters. The van der Waals surface area contributed by atoms with E-state index in [1.165, 1.54) is 12.1 Å². The molecule has 1 heterocycles. The van der Waals surface area contributed by atoms with E-state index in [2.05, 4.69) is 15.5 Å². The van der Waals surface area contributed by atoms with Crippen LogP contribution in [0.15, 0.2) is 36.9 Å². The molecule has 1 unspecified atom stereocenters. The van der Waals surface area contributed by atoms with Gasteiger partial charge >= 0.3 is 0 Å². The summed E-state index contributed by atoms with van der Waals surface area (Å²) in [5.41, 5.74) is 0.640. The van der Waals surface area contributed by atoms with Crippen LogP contribution in [0.5, 0.6) is 0 Å². The van der Waals surface area contributed by atoms with Crippen LogP contribution in [-0.4, -0.2) is 46.2 Å². The van der Waals surface area contributed by atoms with Gasteiger partial charge in [0, 0.05) is 13.1 Å². The molecule has 1 N–H and O–H groups in total. The molecule has 1 aromatic carbocycles. The summed E-state index contributed by atoms with van der Waals surface area (Å²) in [5, 5.41) is 10.3. The lowest BCUT2D eigenvalue weighted by molar-refractivity contribution is -0.125. The zero-order chi connectivity index (χ0) is 15.9. The molecule has 0 radical (unpaired) electrons. The van der Waals surface area contributed by atoms with Crippen molar-refractivity contribution in [2.75, 3.05) is 20.6 Å². The number of halogens is 1. The Balaban J connectivity index is 1.90. The fourth-order valence-corrected chi connectivity index (χ4v) is 2.27. The molecule has 0 saturated carbocycles. The van der Waals surface area contributed by atoms with Crippen molar-refractivity contribution >= 4 is 5.91 Å². The summed E-state index contributed by atoms with van der Waals surface area (Å²) in [6, 6.07) is 5.62. The summed E-state index contributed by atoms with van der Waals surface area (Å²) in [6.07, 6.45) is 4.04. The number of rotatable bonds is 7. The number of amides is 1. The van der Waals surface area contributed by atoms with Gasteiger partial charge in [0.05, 0.1) is 0 Å². The zero-order valence-corrected chi connectivity index (χ0v) is 12.7. The molecule has 1 aromatic heterocycles. The number of hydrogen-bond acceptors (Lipinski definition) is 4. The van der Waals surface area contributed by atoms with Crippen LogP contribution in [0.4, 0.5) is 4.39 Å². The molecule has 0 aliphatic heterocycles. The van der Waals surface area contributed by atoms with Gasteiger partial charge in [-0.05, 0) is 38.2 Å². The molecule has 0 aliphatic carbocycles. The highest BCUT2D eigenvalue weighted by Crippen LogP contribution is 2.19. The van der Waals surface area contributed by atoms with Gasteiger partial charge in [-0.25, -0.2) is 4.39 Å². The van der Waals surface area contributed by atoms with Gasteiger partial charge in [-0.3, -0.25) is 9.69 Å². The summed E-state index contributed by atoms with van der Waals surface area (Å²) in [6.45, 7) is 1.27. The fraction of sp³-hybridized carbons (Fsp3) is 0.400. The minimum absolute atomic E-state index is 0.139. The van der Waals surface area contributed by atoms with Gasteiger partial charge < -0.3 is 9.88 Å². The van der Waals surface area contributed by atoms with E-state index in [4.69, 9.17) is 0 Å². The quantitative estimate of drug-likeness (QED) is 0.782. The maximum absolute atomic E-state index is 13.4. The van der Waals surface area contributed by atoms with E-state index in [1.807, 2.05) is 4.57 Å². The van der Waals surface area contributed by atoms with Crippen molar-refractivity contribution in [2.45, 2.75) is 19.0 Å². The number of hydrogen-bond donors (Lipinski definition) is 1. The number of likely N-dealkylation sites (N-methyl/N-ethyl adjacent to an activating group) is 1. The lowest BCUT2D eigenvalue weighted by Crippen LogP contribution is -2.37. The average Bonchev–Trinajstić information content (AvgIpc) is 2.97. The summed E-state index contributed by atoms with van der Waals surface area (Å²) < 4.78 is 15.2. The van der Waals surface area contributed by atoms with E-state index >= 15 is 0 Å². The van der Waals surface area contributed by atoms with Crippen molar-refractivity contribution in [1.29, 1.82) is 0 Å². The first-order valence-electron chi connectivity index (χ1n) is 7.10. The van der Waals surface area contributed by atoms with Crippen molar-refractivity contribution in [3.05, 3.63) is 48.3 Å². The van der Waals surface area contributed by atoms with Crippen LogP contribution >= 0.6 is 0 Å². The Morgan fingerprint density at radius 3 is 2.73 bits per heavy atom. The highest BCUT2D eigenvalue weighted by molar-refractivity contribution is 5.83. The van der Waals surface area contributed by atoms with E-state index in [0.29, 0.717) is 12.1 Å². The number of benzene rings is 1. The van der Waals surface area contributed by atoms with Crippen LogP contribution in [0.2, 0.25) is 0 Å². The molecule has 2 aromatic rings. The topological polar surface area (TPSA) is 63.1 Å². The Labute approximate surface area is 129 Å². The van der Waals surface area contributed by atoms with Crippen molar-refractivity contribution < 1.29 is 9.18 Å². The first-order valence-corrected chi connectivity index (χ1v) is 7.10. The first-order chi connectivity index (χ1) is 10.6. The van der Waals surface area contributed by atoms with Crippen LogP contribution in [0.25, 0.3) is 0 Å². The molecule has 0 fully saturated rings.